The van der Waals surface area contributed by atoms with E-state index in [4.69, 9.17) is 10.5 Å². The standard InChI is InChI=1S/C14H15BrN2O2S/c15-8-1-2-11-10(7-8)12(16)13(20-11)14(18)17-9-3-5-19-6-4-9/h1-2,7,9H,3-6,16H2,(H,17,18). The maximum Gasteiger partial charge on any atom is 0.263 e. The van der Waals surface area contributed by atoms with Crippen LogP contribution in [-0.2, 0) is 4.74 Å². The summed E-state index contributed by atoms with van der Waals surface area (Å²) in [6.45, 7) is 1.42. The van der Waals surface area contributed by atoms with Crippen molar-refractivity contribution < 1.29 is 9.53 Å². The lowest BCUT2D eigenvalue weighted by molar-refractivity contribution is 0.0699. The number of nitrogens with one attached hydrogen (secondary N) is 1. The molecule has 106 valence electrons. The lowest BCUT2D eigenvalue weighted by Crippen LogP contribution is -2.38. The summed E-state index contributed by atoms with van der Waals surface area (Å²) in [6, 6.07) is 6.07. The van der Waals surface area contributed by atoms with Gasteiger partial charge in [0.2, 0.25) is 0 Å². The molecule has 3 rings (SSSR count). The van der Waals surface area contributed by atoms with Crippen molar-refractivity contribution in [3.8, 4) is 0 Å². The molecule has 1 aromatic heterocycles. The minimum Gasteiger partial charge on any atom is -0.397 e. The molecular formula is C14H15BrN2O2S. The largest absolute Gasteiger partial charge is 0.397 e. The number of nitrogen functional groups attached to an aromatic ring is 1. The summed E-state index contributed by atoms with van der Waals surface area (Å²) in [7, 11) is 0. The SMILES string of the molecule is Nc1c(C(=O)NC2CCOCC2)sc2ccc(Br)cc12. The summed E-state index contributed by atoms with van der Waals surface area (Å²) in [6.07, 6.45) is 1.73. The second kappa shape index (κ2) is 5.71. The predicted octanol–water partition coefficient (Wildman–Crippen LogP) is 3.15. The minimum atomic E-state index is -0.0771. The first kappa shape index (κ1) is 13.9. The van der Waals surface area contributed by atoms with Gasteiger partial charge in [-0.1, -0.05) is 15.9 Å². The molecule has 0 spiro atoms. The zero-order chi connectivity index (χ0) is 14.1. The monoisotopic (exact) mass is 354 g/mol. The molecule has 1 amide bonds. The van der Waals surface area contributed by atoms with E-state index in [0.29, 0.717) is 23.8 Å². The molecule has 0 atom stereocenters. The first-order chi connectivity index (χ1) is 9.65. The lowest BCUT2D eigenvalue weighted by atomic mass is 10.1. The van der Waals surface area contributed by atoms with Crippen LogP contribution in [0.4, 0.5) is 5.69 Å². The highest BCUT2D eigenvalue weighted by atomic mass is 79.9. The summed E-state index contributed by atoms with van der Waals surface area (Å²) >= 11 is 4.87. The van der Waals surface area contributed by atoms with Crippen molar-refractivity contribution in [2.24, 2.45) is 0 Å². The number of benzene rings is 1. The van der Waals surface area contributed by atoms with Gasteiger partial charge in [-0.25, -0.2) is 0 Å². The second-order valence-corrected chi connectivity index (χ2v) is 6.81. The topological polar surface area (TPSA) is 64.4 Å². The number of carbonyl (C=O) groups is 1. The van der Waals surface area contributed by atoms with E-state index in [9.17, 15) is 4.79 Å². The van der Waals surface area contributed by atoms with Crippen molar-refractivity contribution in [2.45, 2.75) is 18.9 Å². The summed E-state index contributed by atoms with van der Waals surface area (Å²) in [4.78, 5) is 13.0. The van der Waals surface area contributed by atoms with E-state index in [1.165, 1.54) is 11.3 Å². The van der Waals surface area contributed by atoms with Crippen LogP contribution in [0.1, 0.15) is 22.5 Å². The number of hydrogen-bond acceptors (Lipinski definition) is 4. The van der Waals surface area contributed by atoms with Gasteiger partial charge in [0.1, 0.15) is 4.88 Å². The average Bonchev–Trinajstić information content (AvgIpc) is 2.77. The highest BCUT2D eigenvalue weighted by Gasteiger charge is 2.21. The van der Waals surface area contributed by atoms with Crippen LogP contribution in [0.5, 0.6) is 0 Å². The van der Waals surface area contributed by atoms with Crippen molar-refractivity contribution in [1.82, 2.24) is 5.32 Å². The average molecular weight is 355 g/mol. The Morgan fingerprint density at radius 1 is 1.40 bits per heavy atom. The van der Waals surface area contributed by atoms with Crippen LogP contribution in [-0.4, -0.2) is 25.2 Å². The quantitative estimate of drug-likeness (QED) is 0.870. The van der Waals surface area contributed by atoms with Crippen LogP contribution in [0.3, 0.4) is 0 Å². The first-order valence-electron chi connectivity index (χ1n) is 6.51. The number of thiophene rings is 1. The highest BCUT2D eigenvalue weighted by molar-refractivity contribution is 9.10. The van der Waals surface area contributed by atoms with Gasteiger partial charge in [-0.3, -0.25) is 4.79 Å². The zero-order valence-electron chi connectivity index (χ0n) is 10.8. The number of nitrogens with two attached hydrogens (primary N) is 1. The fourth-order valence-electron chi connectivity index (χ4n) is 2.35. The fourth-order valence-corrected chi connectivity index (χ4v) is 3.72. The molecule has 0 bridgehead atoms. The van der Waals surface area contributed by atoms with Gasteiger partial charge in [-0.2, -0.15) is 0 Å². The molecule has 2 heterocycles. The summed E-state index contributed by atoms with van der Waals surface area (Å²) in [5.74, 6) is -0.0771. The molecule has 1 aliphatic heterocycles. The maximum absolute atomic E-state index is 12.4. The number of ether oxygens (including phenoxy) is 1. The normalized spacial score (nSPS) is 16.4. The Bertz CT molecular complexity index is 650. The number of anilines is 1. The molecule has 6 heteroatoms. The summed E-state index contributed by atoms with van der Waals surface area (Å²) in [5, 5.41) is 3.98. The molecule has 4 nitrogen and oxygen atoms in total. The number of hydrogen-bond donors (Lipinski definition) is 2. The summed E-state index contributed by atoms with van der Waals surface area (Å²) < 4.78 is 7.29. The van der Waals surface area contributed by atoms with Crippen molar-refractivity contribution in [3.63, 3.8) is 0 Å². The van der Waals surface area contributed by atoms with E-state index in [0.717, 1.165) is 27.4 Å². The van der Waals surface area contributed by atoms with Crippen molar-refractivity contribution in [1.29, 1.82) is 0 Å². The lowest BCUT2D eigenvalue weighted by Gasteiger charge is -2.22. The Hall–Kier alpha value is -1.11. The van der Waals surface area contributed by atoms with Gasteiger partial charge in [0.25, 0.3) is 5.91 Å². The fraction of sp³-hybridized carbons (Fsp3) is 0.357. The van der Waals surface area contributed by atoms with Gasteiger partial charge < -0.3 is 15.8 Å². The number of carbonyl (C=O) groups excluding carboxylic acids is 1. The minimum absolute atomic E-state index is 0.0771. The molecule has 0 unspecified atom stereocenters. The molecule has 0 aliphatic carbocycles. The van der Waals surface area contributed by atoms with Crippen molar-refractivity contribution >= 4 is 48.9 Å². The van der Waals surface area contributed by atoms with E-state index >= 15 is 0 Å². The molecule has 2 aromatic rings. The molecule has 1 saturated heterocycles. The van der Waals surface area contributed by atoms with Gasteiger partial charge in [0.05, 0.1) is 5.69 Å². The van der Waals surface area contributed by atoms with Crippen molar-refractivity contribution in [2.75, 3.05) is 18.9 Å². The van der Waals surface area contributed by atoms with E-state index in [2.05, 4.69) is 21.2 Å². The van der Waals surface area contributed by atoms with E-state index in [1.54, 1.807) is 0 Å². The molecular weight excluding hydrogens is 340 g/mol. The van der Waals surface area contributed by atoms with Gasteiger partial charge >= 0.3 is 0 Å². The molecule has 0 saturated carbocycles. The van der Waals surface area contributed by atoms with Gasteiger partial charge in [-0.15, -0.1) is 11.3 Å². The van der Waals surface area contributed by atoms with Gasteiger partial charge in [0.15, 0.2) is 0 Å². The zero-order valence-corrected chi connectivity index (χ0v) is 13.2. The van der Waals surface area contributed by atoms with Crippen LogP contribution in [0.15, 0.2) is 22.7 Å². The van der Waals surface area contributed by atoms with E-state index < -0.39 is 0 Å². The number of amides is 1. The smallest absolute Gasteiger partial charge is 0.263 e. The van der Waals surface area contributed by atoms with Crippen LogP contribution < -0.4 is 11.1 Å². The third-order valence-corrected chi connectivity index (χ3v) is 5.13. The highest BCUT2D eigenvalue weighted by Crippen LogP contribution is 2.35. The molecule has 0 radical (unpaired) electrons. The maximum atomic E-state index is 12.4. The van der Waals surface area contributed by atoms with Crippen LogP contribution >= 0.6 is 27.3 Å². The summed E-state index contributed by atoms with van der Waals surface area (Å²) in [5.41, 5.74) is 6.68. The number of halogens is 1. The van der Waals surface area contributed by atoms with Crippen LogP contribution in [0, 0.1) is 0 Å². The molecule has 1 aliphatic rings. The molecule has 20 heavy (non-hydrogen) atoms. The van der Waals surface area contributed by atoms with Gasteiger partial charge in [0, 0.05) is 33.8 Å². The molecule has 3 N–H and O–H groups in total. The number of fused-ring (bicyclic) bond motifs is 1. The van der Waals surface area contributed by atoms with Crippen LogP contribution in [0.25, 0.3) is 10.1 Å². The third kappa shape index (κ3) is 2.68. The third-order valence-electron chi connectivity index (χ3n) is 3.45. The first-order valence-corrected chi connectivity index (χ1v) is 8.12. The second-order valence-electron chi connectivity index (χ2n) is 4.85. The van der Waals surface area contributed by atoms with Crippen molar-refractivity contribution in [3.05, 3.63) is 27.5 Å². The molecule has 1 aromatic carbocycles. The Kier molecular flexibility index (Phi) is 3.96. The Morgan fingerprint density at radius 2 is 2.15 bits per heavy atom. The Labute approximate surface area is 129 Å². The Balaban J connectivity index is 1.85. The van der Waals surface area contributed by atoms with E-state index in [1.807, 2.05) is 18.2 Å². The van der Waals surface area contributed by atoms with E-state index in [-0.39, 0.29) is 11.9 Å². The number of rotatable bonds is 2. The molecule has 1 fully saturated rings. The Morgan fingerprint density at radius 3 is 2.90 bits per heavy atom. The van der Waals surface area contributed by atoms with Crippen LogP contribution in [0.2, 0.25) is 0 Å². The predicted molar refractivity (Wildman–Crippen MR) is 85.2 cm³/mol. The van der Waals surface area contributed by atoms with Gasteiger partial charge in [-0.05, 0) is 31.0 Å².